The molecule has 8 heteroatoms. The van der Waals surface area contributed by atoms with Crippen LogP contribution in [0.25, 0.3) is 0 Å². The lowest BCUT2D eigenvalue weighted by Crippen LogP contribution is -2.16. The first-order valence-corrected chi connectivity index (χ1v) is 7.51. The van der Waals surface area contributed by atoms with Gasteiger partial charge in [-0.2, -0.15) is 0 Å². The molecule has 5 nitrogen and oxygen atoms in total. The van der Waals surface area contributed by atoms with Crippen LogP contribution in [0.4, 0.5) is 26.0 Å². The predicted molar refractivity (Wildman–Crippen MR) is 91.1 cm³/mol. The van der Waals surface area contributed by atoms with E-state index in [1.165, 1.54) is 18.5 Å². The number of anilines is 3. The molecule has 1 heterocycles. The molecule has 0 bridgehead atoms. The molecule has 3 rings (SSSR count). The van der Waals surface area contributed by atoms with Gasteiger partial charge < -0.3 is 10.6 Å². The van der Waals surface area contributed by atoms with Crippen LogP contribution >= 0.6 is 11.6 Å². The molecule has 0 atom stereocenters. The molecule has 0 saturated carbocycles. The molecule has 0 radical (unpaired) electrons. The van der Waals surface area contributed by atoms with Crippen LogP contribution in [0.2, 0.25) is 5.02 Å². The predicted octanol–water partition coefficient (Wildman–Crippen LogP) is 4.40. The second-order valence-electron chi connectivity index (χ2n) is 4.97. The monoisotopic (exact) mass is 360 g/mol. The molecule has 0 unspecified atom stereocenters. The third kappa shape index (κ3) is 4.07. The highest BCUT2D eigenvalue weighted by atomic mass is 35.5. The first-order valence-electron chi connectivity index (χ1n) is 7.13. The van der Waals surface area contributed by atoms with Crippen LogP contribution in [-0.2, 0) is 0 Å². The zero-order valence-electron chi connectivity index (χ0n) is 12.6. The summed E-state index contributed by atoms with van der Waals surface area (Å²) >= 11 is 5.82. The number of carbonyl (C=O) groups excluding carboxylic acids is 1. The number of nitrogens with zero attached hydrogens (tertiary/aromatic N) is 2. The van der Waals surface area contributed by atoms with Crippen molar-refractivity contribution in [3.05, 3.63) is 77.2 Å². The van der Waals surface area contributed by atoms with E-state index in [0.29, 0.717) is 16.5 Å². The van der Waals surface area contributed by atoms with Crippen LogP contribution in [0.3, 0.4) is 0 Å². The molecule has 2 aromatic carbocycles. The Morgan fingerprint density at radius 1 is 1.00 bits per heavy atom. The highest BCUT2D eigenvalue weighted by Crippen LogP contribution is 2.20. The van der Waals surface area contributed by atoms with Crippen molar-refractivity contribution < 1.29 is 13.6 Å². The Hall–Kier alpha value is -3.06. The van der Waals surface area contributed by atoms with Crippen molar-refractivity contribution in [2.24, 2.45) is 0 Å². The number of para-hydroxylation sites is 1. The van der Waals surface area contributed by atoms with Crippen molar-refractivity contribution >= 4 is 34.7 Å². The number of amides is 1. The minimum absolute atomic E-state index is 0.0471. The second-order valence-corrected chi connectivity index (χ2v) is 5.41. The molecule has 0 saturated heterocycles. The maximum absolute atomic E-state index is 13.6. The topological polar surface area (TPSA) is 66.9 Å². The van der Waals surface area contributed by atoms with Gasteiger partial charge in [0.2, 0.25) is 0 Å². The summed E-state index contributed by atoms with van der Waals surface area (Å²) in [5.74, 6) is -2.16. The van der Waals surface area contributed by atoms with Gasteiger partial charge in [0.05, 0.1) is 0 Å². The molecule has 3 aromatic rings. The summed E-state index contributed by atoms with van der Waals surface area (Å²) in [6, 6.07) is 11.5. The largest absolute Gasteiger partial charge is 0.340 e. The van der Waals surface area contributed by atoms with E-state index in [4.69, 9.17) is 11.6 Å². The Morgan fingerprint density at radius 3 is 2.36 bits per heavy atom. The number of hydrogen-bond donors (Lipinski definition) is 2. The van der Waals surface area contributed by atoms with Crippen molar-refractivity contribution in [2.75, 3.05) is 10.6 Å². The first-order chi connectivity index (χ1) is 12.0. The third-order valence-corrected chi connectivity index (χ3v) is 3.47. The Morgan fingerprint density at radius 2 is 1.68 bits per heavy atom. The van der Waals surface area contributed by atoms with Gasteiger partial charge in [0.1, 0.15) is 35.2 Å². The van der Waals surface area contributed by atoms with Crippen LogP contribution in [0.5, 0.6) is 0 Å². The van der Waals surface area contributed by atoms with Gasteiger partial charge in [-0.05, 0) is 36.4 Å². The van der Waals surface area contributed by atoms with Crippen molar-refractivity contribution in [3.8, 4) is 0 Å². The molecule has 1 aromatic heterocycles. The van der Waals surface area contributed by atoms with E-state index in [0.717, 1.165) is 12.1 Å². The van der Waals surface area contributed by atoms with E-state index in [1.807, 2.05) is 0 Å². The zero-order chi connectivity index (χ0) is 17.8. The van der Waals surface area contributed by atoms with Gasteiger partial charge in [-0.3, -0.25) is 4.79 Å². The van der Waals surface area contributed by atoms with E-state index in [-0.39, 0.29) is 5.69 Å². The molecule has 0 aliphatic heterocycles. The Bertz CT molecular complexity index is 899. The summed E-state index contributed by atoms with van der Waals surface area (Å²) in [7, 11) is 0. The molecule has 0 fully saturated rings. The van der Waals surface area contributed by atoms with Crippen molar-refractivity contribution in [2.45, 2.75) is 0 Å². The van der Waals surface area contributed by atoms with E-state index < -0.39 is 23.2 Å². The molecule has 1 amide bonds. The average Bonchev–Trinajstić information content (AvgIpc) is 2.60. The Balaban J connectivity index is 1.78. The first kappa shape index (κ1) is 16.8. The van der Waals surface area contributed by atoms with Gasteiger partial charge in [-0.15, -0.1) is 0 Å². The molecule has 0 spiro atoms. The highest BCUT2D eigenvalue weighted by Gasteiger charge is 2.15. The fourth-order valence-electron chi connectivity index (χ4n) is 2.03. The molecular weight excluding hydrogens is 350 g/mol. The summed E-state index contributed by atoms with van der Waals surface area (Å²) < 4.78 is 27.2. The summed E-state index contributed by atoms with van der Waals surface area (Å²) in [5, 5.41) is 5.73. The second kappa shape index (κ2) is 7.23. The summed E-state index contributed by atoms with van der Waals surface area (Å²) in [6.45, 7) is 0. The lowest BCUT2D eigenvalue weighted by Gasteiger charge is -2.09. The molecule has 126 valence electrons. The summed E-state index contributed by atoms with van der Waals surface area (Å²) in [4.78, 5) is 20.0. The molecule has 0 aliphatic carbocycles. The third-order valence-electron chi connectivity index (χ3n) is 3.22. The van der Waals surface area contributed by atoms with Crippen molar-refractivity contribution in [1.82, 2.24) is 9.97 Å². The number of rotatable bonds is 4. The molecule has 0 aliphatic rings. The maximum atomic E-state index is 13.6. The Labute approximate surface area is 146 Å². The van der Waals surface area contributed by atoms with Crippen LogP contribution in [0.1, 0.15) is 10.5 Å². The van der Waals surface area contributed by atoms with Gasteiger partial charge in [-0.25, -0.2) is 18.7 Å². The van der Waals surface area contributed by atoms with Gasteiger partial charge in [0.25, 0.3) is 5.91 Å². The number of nitrogens with one attached hydrogen (secondary N) is 2. The number of benzene rings is 2. The minimum Gasteiger partial charge on any atom is -0.340 e. The lowest BCUT2D eigenvalue weighted by molar-refractivity contribution is 0.102. The van der Waals surface area contributed by atoms with E-state index >= 15 is 0 Å². The fraction of sp³-hybridized carbons (Fsp3) is 0. The Kier molecular flexibility index (Phi) is 4.85. The van der Waals surface area contributed by atoms with Gasteiger partial charge >= 0.3 is 0 Å². The standard InChI is InChI=1S/C17H11ClF2N4O/c18-10-4-6-11(7-5-10)23-15-8-14(21-9-22-15)17(25)24-16-12(19)2-1-3-13(16)20/h1-9H,(H,24,25)(H,21,22,23). The van der Waals surface area contributed by atoms with E-state index in [9.17, 15) is 13.6 Å². The molecule has 2 N–H and O–H groups in total. The normalized spacial score (nSPS) is 10.4. The lowest BCUT2D eigenvalue weighted by atomic mass is 10.2. The molecular formula is C17H11ClF2N4O. The van der Waals surface area contributed by atoms with Gasteiger partial charge in [0.15, 0.2) is 0 Å². The van der Waals surface area contributed by atoms with Crippen LogP contribution < -0.4 is 10.6 Å². The van der Waals surface area contributed by atoms with Crippen molar-refractivity contribution in [1.29, 1.82) is 0 Å². The number of aromatic nitrogens is 2. The minimum atomic E-state index is -0.873. The van der Waals surface area contributed by atoms with Crippen LogP contribution in [0, 0.1) is 11.6 Å². The zero-order valence-corrected chi connectivity index (χ0v) is 13.4. The average molecular weight is 361 g/mol. The van der Waals surface area contributed by atoms with Gasteiger partial charge in [0, 0.05) is 16.8 Å². The number of hydrogen-bond acceptors (Lipinski definition) is 4. The van der Waals surface area contributed by atoms with Crippen molar-refractivity contribution in [3.63, 3.8) is 0 Å². The van der Waals surface area contributed by atoms with Crippen LogP contribution in [-0.4, -0.2) is 15.9 Å². The van der Waals surface area contributed by atoms with E-state index in [2.05, 4.69) is 20.6 Å². The molecule has 25 heavy (non-hydrogen) atoms. The summed E-state index contributed by atoms with van der Waals surface area (Å²) in [6.07, 6.45) is 1.17. The van der Waals surface area contributed by atoms with Crippen LogP contribution in [0.15, 0.2) is 54.9 Å². The highest BCUT2D eigenvalue weighted by molar-refractivity contribution is 6.30. The smallest absolute Gasteiger partial charge is 0.274 e. The quantitative estimate of drug-likeness (QED) is 0.723. The number of carbonyl (C=O) groups is 1. The fourth-order valence-corrected chi connectivity index (χ4v) is 2.15. The van der Waals surface area contributed by atoms with Gasteiger partial charge in [-0.1, -0.05) is 17.7 Å². The maximum Gasteiger partial charge on any atom is 0.274 e. The van der Waals surface area contributed by atoms with E-state index in [1.54, 1.807) is 24.3 Å². The summed E-state index contributed by atoms with van der Waals surface area (Å²) in [5.41, 5.74) is 0.127. The number of halogens is 3. The SMILES string of the molecule is O=C(Nc1c(F)cccc1F)c1cc(Nc2ccc(Cl)cc2)ncn1.